The Morgan fingerprint density at radius 2 is 1.56 bits per heavy atom. The van der Waals surface area contributed by atoms with Crippen molar-refractivity contribution < 1.29 is 27.5 Å². The number of hydrogen-bond acceptors (Lipinski definition) is 6. The summed E-state index contributed by atoms with van der Waals surface area (Å²) in [5.41, 5.74) is 2.60. The lowest BCUT2D eigenvalue weighted by Crippen LogP contribution is -2.54. The van der Waals surface area contributed by atoms with Gasteiger partial charge in [-0.15, -0.1) is 0 Å². The number of sulfonamides is 1. The Hall–Kier alpha value is -4.54. The summed E-state index contributed by atoms with van der Waals surface area (Å²) < 4.78 is 40.3. The van der Waals surface area contributed by atoms with Crippen molar-refractivity contribution in [2.45, 2.75) is 57.1 Å². The Morgan fingerprint density at radius 1 is 0.875 bits per heavy atom. The average Bonchev–Trinajstić information content (AvgIpc) is 3.09. The number of rotatable bonds is 15. The van der Waals surface area contributed by atoms with E-state index >= 15 is 0 Å². The van der Waals surface area contributed by atoms with Crippen LogP contribution in [0.2, 0.25) is 5.02 Å². The van der Waals surface area contributed by atoms with E-state index in [1.807, 2.05) is 57.2 Å². The fraction of sp³-hybridized carbons (Fsp3) is 0.297. The summed E-state index contributed by atoms with van der Waals surface area (Å²) in [7, 11) is -1.27. The van der Waals surface area contributed by atoms with Crippen LogP contribution >= 0.6 is 11.6 Å². The Kier molecular flexibility index (Phi) is 12.5. The highest BCUT2D eigenvalue weighted by Crippen LogP contribution is 2.32. The molecule has 0 aliphatic heterocycles. The van der Waals surface area contributed by atoms with E-state index < -0.39 is 28.5 Å². The van der Waals surface area contributed by atoms with Gasteiger partial charge in [0.1, 0.15) is 24.1 Å². The summed E-state index contributed by atoms with van der Waals surface area (Å²) in [6, 6.07) is 26.4. The minimum atomic E-state index is -4.28. The lowest BCUT2D eigenvalue weighted by molar-refractivity contribution is -0.140. The van der Waals surface area contributed by atoms with E-state index in [0.717, 1.165) is 15.4 Å². The smallest absolute Gasteiger partial charge is 0.264 e. The van der Waals surface area contributed by atoms with Crippen molar-refractivity contribution in [3.05, 3.63) is 119 Å². The molecule has 0 saturated heterocycles. The highest BCUT2D eigenvalue weighted by molar-refractivity contribution is 7.92. The molecule has 0 aliphatic carbocycles. The van der Waals surface area contributed by atoms with Crippen LogP contribution in [0.15, 0.2) is 102 Å². The number of methoxy groups -OCH3 is 2. The zero-order valence-corrected chi connectivity index (χ0v) is 29.4. The number of aryl methyl sites for hydroxylation is 1. The number of nitrogens with zero attached hydrogens (tertiary/aromatic N) is 2. The van der Waals surface area contributed by atoms with Crippen LogP contribution in [0.5, 0.6) is 11.5 Å². The molecule has 0 aliphatic rings. The van der Waals surface area contributed by atoms with Gasteiger partial charge in [-0.1, -0.05) is 78.7 Å². The van der Waals surface area contributed by atoms with Crippen molar-refractivity contribution in [3.63, 3.8) is 0 Å². The summed E-state index contributed by atoms with van der Waals surface area (Å²) in [5, 5.41) is 3.21. The van der Waals surface area contributed by atoms with Crippen LogP contribution < -0.4 is 19.1 Å². The maximum absolute atomic E-state index is 14.7. The molecule has 0 radical (unpaired) electrons. The largest absolute Gasteiger partial charge is 0.497 e. The van der Waals surface area contributed by atoms with Crippen LogP contribution in [0.4, 0.5) is 5.69 Å². The van der Waals surface area contributed by atoms with E-state index in [-0.39, 0.29) is 40.5 Å². The second kappa shape index (κ2) is 16.5. The Balaban J connectivity index is 1.84. The molecule has 48 heavy (non-hydrogen) atoms. The lowest BCUT2D eigenvalue weighted by Gasteiger charge is -2.34. The van der Waals surface area contributed by atoms with Gasteiger partial charge in [-0.25, -0.2) is 8.42 Å². The van der Waals surface area contributed by atoms with Gasteiger partial charge < -0.3 is 19.7 Å². The molecule has 4 rings (SSSR count). The van der Waals surface area contributed by atoms with Gasteiger partial charge in [-0.05, 0) is 73.9 Å². The topological polar surface area (TPSA) is 105 Å². The predicted molar refractivity (Wildman–Crippen MR) is 189 cm³/mol. The summed E-state index contributed by atoms with van der Waals surface area (Å²) in [6.07, 6.45) is 0.895. The van der Waals surface area contributed by atoms with Gasteiger partial charge in [-0.3, -0.25) is 13.9 Å². The van der Waals surface area contributed by atoms with Crippen molar-refractivity contribution in [1.29, 1.82) is 0 Å². The second-order valence-corrected chi connectivity index (χ2v) is 13.8. The first-order valence-electron chi connectivity index (χ1n) is 15.7. The summed E-state index contributed by atoms with van der Waals surface area (Å²) in [5.74, 6) is 0.00861. The fourth-order valence-corrected chi connectivity index (χ4v) is 6.80. The lowest BCUT2D eigenvalue weighted by atomic mass is 10.0. The number of carbonyl (C=O) groups is 2. The van der Waals surface area contributed by atoms with Gasteiger partial charge in [0.15, 0.2) is 0 Å². The molecule has 1 N–H and O–H groups in total. The van der Waals surface area contributed by atoms with Crippen LogP contribution in [0.3, 0.4) is 0 Å². The maximum atomic E-state index is 14.7. The molecule has 4 aromatic rings. The first-order chi connectivity index (χ1) is 23.0. The zero-order chi connectivity index (χ0) is 34.8. The SMILES string of the molecule is CC[C@@H](C)NC(=O)[C@@H](Cc1ccccc1)N(Cc1cccc(OC)c1)C(=O)CN(c1ccc(OC)c(Cl)c1)S(=O)(=O)c1ccc(C)cc1. The normalized spacial score (nSPS) is 12.5. The quantitative estimate of drug-likeness (QED) is 0.154. The van der Waals surface area contributed by atoms with Crippen molar-refractivity contribution in [3.8, 4) is 11.5 Å². The molecule has 0 unspecified atom stereocenters. The van der Waals surface area contributed by atoms with E-state index in [1.165, 1.54) is 36.3 Å². The first kappa shape index (κ1) is 36.3. The number of halogens is 1. The number of nitrogens with one attached hydrogen (secondary N) is 1. The molecule has 0 aromatic heterocycles. The molecule has 0 spiro atoms. The van der Waals surface area contributed by atoms with Gasteiger partial charge in [-0.2, -0.15) is 0 Å². The molecule has 0 saturated carbocycles. The van der Waals surface area contributed by atoms with E-state index in [4.69, 9.17) is 21.1 Å². The van der Waals surface area contributed by atoms with Crippen molar-refractivity contribution in [2.24, 2.45) is 0 Å². The Bertz CT molecular complexity index is 1800. The van der Waals surface area contributed by atoms with Crippen LogP contribution in [-0.2, 0) is 32.6 Å². The number of anilines is 1. The third-order valence-corrected chi connectivity index (χ3v) is 10.2. The highest BCUT2D eigenvalue weighted by Gasteiger charge is 2.35. The summed E-state index contributed by atoms with van der Waals surface area (Å²) in [6.45, 7) is 5.13. The molecular weight excluding hydrogens is 650 g/mol. The van der Waals surface area contributed by atoms with Gasteiger partial charge in [0.25, 0.3) is 10.0 Å². The van der Waals surface area contributed by atoms with E-state index in [2.05, 4.69) is 5.32 Å². The number of amides is 2. The third-order valence-electron chi connectivity index (χ3n) is 8.07. The molecule has 11 heteroatoms. The molecule has 9 nitrogen and oxygen atoms in total. The van der Waals surface area contributed by atoms with Crippen molar-refractivity contribution in [1.82, 2.24) is 10.2 Å². The minimum Gasteiger partial charge on any atom is -0.497 e. The van der Waals surface area contributed by atoms with Crippen molar-refractivity contribution in [2.75, 3.05) is 25.1 Å². The van der Waals surface area contributed by atoms with Gasteiger partial charge in [0.05, 0.1) is 29.8 Å². The van der Waals surface area contributed by atoms with Crippen LogP contribution in [-0.4, -0.2) is 58.0 Å². The van der Waals surface area contributed by atoms with Gasteiger partial charge in [0, 0.05) is 19.0 Å². The van der Waals surface area contributed by atoms with E-state index in [9.17, 15) is 18.0 Å². The predicted octanol–water partition coefficient (Wildman–Crippen LogP) is 6.42. The van der Waals surface area contributed by atoms with E-state index in [0.29, 0.717) is 23.5 Å². The molecular formula is C37H42ClN3O6S. The summed E-state index contributed by atoms with van der Waals surface area (Å²) in [4.78, 5) is 30.1. The monoisotopic (exact) mass is 691 g/mol. The average molecular weight is 692 g/mol. The Labute approximate surface area is 288 Å². The number of ether oxygens (including phenoxy) is 2. The minimum absolute atomic E-state index is 0.00235. The van der Waals surface area contributed by atoms with Crippen molar-refractivity contribution >= 4 is 39.1 Å². The molecule has 2 atom stereocenters. The third kappa shape index (κ3) is 9.08. The molecule has 0 heterocycles. The molecule has 0 fully saturated rings. The standard InChI is InChI=1S/C37H42ClN3O6S/c1-6-27(3)39-37(43)34(22-28-11-8-7-9-12-28)40(24-29-13-10-14-31(21-29)46-4)36(42)25-41(30-17-20-35(47-5)33(38)23-30)48(44,45)32-18-15-26(2)16-19-32/h7-21,23,27,34H,6,22,24-25H2,1-5H3,(H,39,43)/t27-,34-/m1/s1. The van der Waals surface area contributed by atoms with Gasteiger partial charge in [0.2, 0.25) is 11.8 Å². The first-order valence-corrected chi connectivity index (χ1v) is 17.5. The molecule has 254 valence electrons. The fourth-order valence-electron chi connectivity index (χ4n) is 5.14. The second-order valence-electron chi connectivity index (χ2n) is 11.5. The summed E-state index contributed by atoms with van der Waals surface area (Å²) >= 11 is 6.46. The molecule has 4 aromatic carbocycles. The number of hydrogen-bond donors (Lipinski definition) is 1. The van der Waals surface area contributed by atoms with Crippen LogP contribution in [0, 0.1) is 6.92 Å². The maximum Gasteiger partial charge on any atom is 0.264 e. The van der Waals surface area contributed by atoms with Gasteiger partial charge >= 0.3 is 0 Å². The van der Waals surface area contributed by atoms with E-state index in [1.54, 1.807) is 43.5 Å². The van der Waals surface area contributed by atoms with Crippen LogP contribution in [0.1, 0.15) is 37.0 Å². The van der Waals surface area contributed by atoms with Crippen LogP contribution in [0.25, 0.3) is 0 Å². The molecule has 2 amide bonds. The number of carbonyl (C=O) groups excluding carboxylic acids is 2. The highest BCUT2D eigenvalue weighted by atomic mass is 35.5. The number of benzene rings is 4. The zero-order valence-electron chi connectivity index (χ0n) is 27.9. The Morgan fingerprint density at radius 3 is 2.19 bits per heavy atom. The molecule has 0 bridgehead atoms.